The van der Waals surface area contributed by atoms with E-state index in [0.29, 0.717) is 53.2 Å². The van der Waals surface area contributed by atoms with E-state index in [9.17, 15) is 14.0 Å². The number of ether oxygens (including phenoxy) is 1. The van der Waals surface area contributed by atoms with E-state index in [1.165, 1.54) is 25.3 Å². The van der Waals surface area contributed by atoms with Crippen LogP contribution in [0.2, 0.25) is 5.02 Å². The minimum absolute atomic E-state index is 0.191. The zero-order valence-electron chi connectivity index (χ0n) is 21.4. The summed E-state index contributed by atoms with van der Waals surface area (Å²) in [6.07, 6.45) is 1.82. The standard InChI is InChI=1S/C26H29ClFN7O3/c1-16-21(14-22(33-32-16)19-12-17(27)4-5-20(19)28)30-18-6-8-29-24(13-18)31-25(36)7-9-35-11-10-34(2)23(15-35)26(37)38-3/h4-6,8,12-14,23H,7,9-11,15H2,1-3H3,(H2,29,30,31,33,36). The number of esters is 1. The van der Waals surface area contributed by atoms with Gasteiger partial charge in [0.1, 0.15) is 17.7 Å². The Kier molecular flexibility index (Phi) is 8.82. The Labute approximate surface area is 225 Å². The number of carbonyl (C=O) groups excluding carboxylic acids is 2. The Morgan fingerprint density at radius 1 is 1.18 bits per heavy atom. The molecule has 1 saturated heterocycles. The third-order valence-corrected chi connectivity index (χ3v) is 6.58. The van der Waals surface area contributed by atoms with Crippen LogP contribution in [0.25, 0.3) is 11.3 Å². The molecule has 0 saturated carbocycles. The molecule has 3 heterocycles. The number of piperazine rings is 1. The van der Waals surface area contributed by atoms with Crippen LogP contribution in [-0.2, 0) is 14.3 Å². The normalized spacial score (nSPS) is 16.2. The number of nitrogens with one attached hydrogen (secondary N) is 2. The van der Waals surface area contributed by atoms with Crippen LogP contribution in [0.1, 0.15) is 12.1 Å². The van der Waals surface area contributed by atoms with Gasteiger partial charge in [-0.25, -0.2) is 9.37 Å². The number of nitrogens with zero attached hydrogens (tertiary/aromatic N) is 5. The van der Waals surface area contributed by atoms with E-state index in [2.05, 4.69) is 30.7 Å². The van der Waals surface area contributed by atoms with E-state index < -0.39 is 5.82 Å². The molecule has 0 radical (unpaired) electrons. The molecule has 2 aromatic heterocycles. The van der Waals surface area contributed by atoms with Gasteiger partial charge in [0.15, 0.2) is 0 Å². The second kappa shape index (κ2) is 12.2. The Morgan fingerprint density at radius 2 is 2.00 bits per heavy atom. The lowest BCUT2D eigenvalue weighted by atomic mass is 10.1. The minimum atomic E-state index is -0.454. The van der Waals surface area contributed by atoms with Gasteiger partial charge in [-0.1, -0.05) is 11.6 Å². The van der Waals surface area contributed by atoms with Crippen LogP contribution in [-0.4, -0.2) is 83.2 Å². The second-order valence-corrected chi connectivity index (χ2v) is 9.46. The fourth-order valence-electron chi connectivity index (χ4n) is 4.13. The Bertz CT molecular complexity index is 1330. The van der Waals surface area contributed by atoms with E-state index in [1.807, 2.05) is 11.9 Å². The second-order valence-electron chi connectivity index (χ2n) is 9.03. The average molecular weight is 542 g/mol. The summed E-state index contributed by atoms with van der Waals surface area (Å²) < 4.78 is 19.2. The first-order valence-corrected chi connectivity index (χ1v) is 12.4. The number of methoxy groups -OCH3 is 1. The summed E-state index contributed by atoms with van der Waals surface area (Å²) >= 11 is 6.03. The van der Waals surface area contributed by atoms with Crippen molar-refractivity contribution in [2.45, 2.75) is 19.4 Å². The molecule has 1 aliphatic rings. The number of aromatic nitrogens is 3. The van der Waals surface area contributed by atoms with Crippen molar-refractivity contribution < 1.29 is 18.7 Å². The number of hydrogen-bond donors (Lipinski definition) is 2. The van der Waals surface area contributed by atoms with Crippen LogP contribution >= 0.6 is 11.6 Å². The summed E-state index contributed by atoms with van der Waals surface area (Å²) in [4.78, 5) is 32.9. The summed E-state index contributed by atoms with van der Waals surface area (Å²) in [7, 11) is 3.27. The van der Waals surface area contributed by atoms with Gasteiger partial charge in [0.2, 0.25) is 5.91 Å². The molecule has 4 rings (SSSR count). The van der Waals surface area contributed by atoms with Crippen LogP contribution < -0.4 is 10.6 Å². The van der Waals surface area contributed by atoms with Gasteiger partial charge >= 0.3 is 5.97 Å². The maximum Gasteiger partial charge on any atom is 0.324 e. The van der Waals surface area contributed by atoms with Crippen molar-refractivity contribution in [2.75, 3.05) is 51.0 Å². The fraction of sp³-hybridized carbons (Fsp3) is 0.346. The molecule has 2 N–H and O–H groups in total. The van der Waals surface area contributed by atoms with E-state index in [0.717, 1.165) is 6.54 Å². The molecule has 10 nitrogen and oxygen atoms in total. The van der Waals surface area contributed by atoms with Gasteiger partial charge in [-0.05, 0) is 44.3 Å². The number of amides is 1. The predicted molar refractivity (Wildman–Crippen MR) is 143 cm³/mol. The molecule has 0 aliphatic carbocycles. The van der Waals surface area contributed by atoms with E-state index in [4.69, 9.17) is 16.3 Å². The van der Waals surface area contributed by atoms with E-state index in [1.54, 1.807) is 31.3 Å². The molecular weight excluding hydrogens is 513 g/mol. The molecule has 0 bridgehead atoms. The maximum absolute atomic E-state index is 14.3. The number of aryl methyl sites for hydroxylation is 1. The van der Waals surface area contributed by atoms with Gasteiger partial charge in [0.25, 0.3) is 0 Å². The summed E-state index contributed by atoms with van der Waals surface area (Å²) in [6.45, 7) is 4.27. The summed E-state index contributed by atoms with van der Waals surface area (Å²) in [5.74, 6) is -0.542. The molecule has 200 valence electrons. The van der Waals surface area contributed by atoms with Crippen molar-refractivity contribution in [3.8, 4) is 11.3 Å². The highest BCUT2D eigenvalue weighted by Gasteiger charge is 2.30. The zero-order valence-corrected chi connectivity index (χ0v) is 22.1. The highest BCUT2D eigenvalue weighted by Crippen LogP contribution is 2.28. The molecule has 0 spiro atoms. The molecule has 1 atom stereocenters. The highest BCUT2D eigenvalue weighted by atomic mass is 35.5. The number of benzene rings is 1. The topological polar surface area (TPSA) is 113 Å². The van der Waals surface area contributed by atoms with E-state index in [-0.39, 0.29) is 29.9 Å². The lowest BCUT2D eigenvalue weighted by Gasteiger charge is -2.37. The Balaban J connectivity index is 1.38. The number of hydrogen-bond acceptors (Lipinski definition) is 9. The summed E-state index contributed by atoms with van der Waals surface area (Å²) in [5.41, 5.74) is 2.46. The van der Waals surface area contributed by atoms with Gasteiger partial charge in [-0.2, -0.15) is 10.2 Å². The monoisotopic (exact) mass is 541 g/mol. The van der Waals surface area contributed by atoms with Crippen molar-refractivity contribution in [3.63, 3.8) is 0 Å². The van der Waals surface area contributed by atoms with Gasteiger partial charge in [-0.3, -0.25) is 19.4 Å². The smallest absolute Gasteiger partial charge is 0.324 e. The van der Waals surface area contributed by atoms with E-state index >= 15 is 0 Å². The fourth-order valence-corrected chi connectivity index (χ4v) is 4.30. The van der Waals surface area contributed by atoms with Crippen LogP contribution in [0.15, 0.2) is 42.6 Å². The zero-order chi connectivity index (χ0) is 27.2. The van der Waals surface area contributed by atoms with Crippen LogP contribution in [0.4, 0.5) is 21.6 Å². The molecule has 3 aromatic rings. The lowest BCUT2D eigenvalue weighted by Crippen LogP contribution is -2.55. The largest absolute Gasteiger partial charge is 0.468 e. The Morgan fingerprint density at radius 3 is 2.79 bits per heavy atom. The maximum atomic E-state index is 14.3. The summed E-state index contributed by atoms with van der Waals surface area (Å²) in [5, 5.41) is 14.7. The molecule has 1 aromatic carbocycles. The first-order chi connectivity index (χ1) is 18.2. The van der Waals surface area contributed by atoms with Crippen LogP contribution in [0.3, 0.4) is 0 Å². The molecule has 1 fully saturated rings. The molecule has 12 heteroatoms. The SMILES string of the molecule is COC(=O)C1CN(CCC(=O)Nc2cc(Nc3cc(-c4cc(Cl)ccc4F)nnc3C)ccn2)CCN1C. The van der Waals surface area contributed by atoms with Crippen LogP contribution in [0, 0.1) is 12.7 Å². The van der Waals surface area contributed by atoms with Crippen molar-refractivity contribution in [1.29, 1.82) is 0 Å². The molecular formula is C26H29ClFN7O3. The molecule has 1 amide bonds. The van der Waals surface area contributed by atoms with Crippen molar-refractivity contribution >= 4 is 40.7 Å². The third-order valence-electron chi connectivity index (χ3n) is 6.35. The quantitative estimate of drug-likeness (QED) is 0.414. The Hall–Kier alpha value is -3.67. The summed E-state index contributed by atoms with van der Waals surface area (Å²) in [6, 6.07) is 9.03. The van der Waals surface area contributed by atoms with Gasteiger partial charge < -0.3 is 15.4 Å². The predicted octanol–water partition coefficient (Wildman–Crippen LogP) is 3.50. The molecule has 1 unspecified atom stereocenters. The molecule has 38 heavy (non-hydrogen) atoms. The van der Waals surface area contributed by atoms with Crippen molar-refractivity contribution in [3.05, 3.63) is 59.1 Å². The first-order valence-electron chi connectivity index (χ1n) is 12.1. The number of likely N-dealkylation sites (N-methyl/N-ethyl adjacent to an activating group) is 1. The highest BCUT2D eigenvalue weighted by molar-refractivity contribution is 6.30. The molecule has 1 aliphatic heterocycles. The van der Waals surface area contributed by atoms with Gasteiger partial charge in [0.05, 0.1) is 24.2 Å². The van der Waals surface area contributed by atoms with Crippen molar-refractivity contribution in [2.24, 2.45) is 0 Å². The van der Waals surface area contributed by atoms with Gasteiger partial charge in [-0.15, -0.1) is 0 Å². The van der Waals surface area contributed by atoms with Crippen LogP contribution in [0.5, 0.6) is 0 Å². The number of halogens is 2. The first kappa shape index (κ1) is 27.4. The number of carbonyl (C=O) groups is 2. The number of pyridine rings is 1. The van der Waals surface area contributed by atoms with Crippen molar-refractivity contribution in [1.82, 2.24) is 25.0 Å². The lowest BCUT2D eigenvalue weighted by molar-refractivity contribution is -0.148. The average Bonchev–Trinajstić information content (AvgIpc) is 2.90. The minimum Gasteiger partial charge on any atom is -0.468 e. The number of anilines is 3. The third kappa shape index (κ3) is 6.80. The number of rotatable bonds is 8. The van der Waals surface area contributed by atoms with Gasteiger partial charge in [0, 0.05) is 61.1 Å².